The molecule has 0 heterocycles. The average molecular weight is 441 g/mol. The summed E-state index contributed by atoms with van der Waals surface area (Å²) >= 11 is 0. The molecule has 9 heteroatoms. The molecule has 0 bridgehead atoms. The number of aryl methyl sites for hydroxylation is 1. The number of nitrogens with zero attached hydrogens (tertiary/aromatic N) is 1. The third-order valence-corrected chi connectivity index (χ3v) is 5.54. The van der Waals surface area contributed by atoms with E-state index in [0.717, 1.165) is 34.0 Å². The van der Waals surface area contributed by atoms with E-state index in [2.05, 4.69) is 5.32 Å². The van der Waals surface area contributed by atoms with Gasteiger partial charge in [0.1, 0.15) is 12.4 Å². The standard InChI is InChI=1S/C21H26F2N2O4S/c1-15-7-4-5-8-20(15)29-14-16(2)24-21(26)9-6-12-25(30(3,27)28)17-10-11-18(22)19(23)13-17/h4-5,7-8,10-11,13,16H,6,9,12,14H2,1-3H3,(H,24,26)/t16-/m0/s1. The zero-order valence-electron chi connectivity index (χ0n) is 17.2. The molecule has 0 aliphatic rings. The summed E-state index contributed by atoms with van der Waals surface area (Å²) in [6.45, 7) is 3.99. The summed E-state index contributed by atoms with van der Waals surface area (Å²) in [5.41, 5.74) is 1.01. The second kappa shape index (κ2) is 10.4. The van der Waals surface area contributed by atoms with Crippen LogP contribution in [-0.4, -0.2) is 39.8 Å². The SMILES string of the molecule is Cc1ccccc1OC[C@H](C)NC(=O)CCCN(c1ccc(F)c(F)c1)S(C)(=O)=O. The summed E-state index contributed by atoms with van der Waals surface area (Å²) in [7, 11) is -3.72. The molecule has 0 aromatic heterocycles. The van der Waals surface area contributed by atoms with Crippen molar-refractivity contribution in [1.29, 1.82) is 0 Å². The summed E-state index contributed by atoms with van der Waals surface area (Å²) in [5.74, 6) is -1.71. The van der Waals surface area contributed by atoms with Crippen molar-refractivity contribution in [3.8, 4) is 5.75 Å². The molecular formula is C21H26F2N2O4S. The molecule has 2 aromatic carbocycles. The van der Waals surface area contributed by atoms with E-state index in [0.29, 0.717) is 6.61 Å². The fourth-order valence-corrected chi connectivity index (χ4v) is 3.79. The molecule has 0 spiro atoms. The van der Waals surface area contributed by atoms with E-state index >= 15 is 0 Å². The lowest BCUT2D eigenvalue weighted by Crippen LogP contribution is -2.37. The van der Waals surface area contributed by atoms with Crippen molar-refractivity contribution in [2.75, 3.05) is 23.7 Å². The second-order valence-corrected chi connectivity index (χ2v) is 8.99. The summed E-state index contributed by atoms with van der Waals surface area (Å²) in [6, 6.07) is 10.2. The summed E-state index contributed by atoms with van der Waals surface area (Å²) in [6.07, 6.45) is 1.26. The highest BCUT2D eigenvalue weighted by Gasteiger charge is 2.19. The van der Waals surface area contributed by atoms with Crippen LogP contribution in [0.5, 0.6) is 5.75 Å². The number of hydrogen-bond donors (Lipinski definition) is 1. The Bertz CT molecular complexity index is 983. The highest BCUT2D eigenvalue weighted by Crippen LogP contribution is 2.21. The molecule has 0 fully saturated rings. The zero-order valence-corrected chi connectivity index (χ0v) is 18.0. The molecular weight excluding hydrogens is 414 g/mol. The number of para-hydroxylation sites is 1. The molecule has 2 aromatic rings. The Kier molecular flexibility index (Phi) is 8.16. The van der Waals surface area contributed by atoms with Crippen molar-refractivity contribution >= 4 is 21.6 Å². The molecule has 0 aliphatic carbocycles. The average Bonchev–Trinajstić information content (AvgIpc) is 2.66. The van der Waals surface area contributed by atoms with Crippen LogP contribution >= 0.6 is 0 Å². The first kappa shape index (κ1) is 23.6. The quantitative estimate of drug-likeness (QED) is 0.614. The van der Waals surface area contributed by atoms with Gasteiger partial charge in [-0.15, -0.1) is 0 Å². The monoisotopic (exact) mass is 440 g/mol. The van der Waals surface area contributed by atoms with Gasteiger partial charge in [0.15, 0.2) is 11.6 Å². The van der Waals surface area contributed by atoms with E-state index in [4.69, 9.17) is 4.74 Å². The van der Waals surface area contributed by atoms with Crippen molar-refractivity contribution in [3.05, 3.63) is 59.7 Å². The number of hydrogen-bond acceptors (Lipinski definition) is 4. The van der Waals surface area contributed by atoms with Crippen LogP contribution in [0.1, 0.15) is 25.3 Å². The van der Waals surface area contributed by atoms with Crippen LogP contribution in [-0.2, 0) is 14.8 Å². The van der Waals surface area contributed by atoms with Gasteiger partial charge < -0.3 is 10.1 Å². The Morgan fingerprint density at radius 2 is 1.87 bits per heavy atom. The Hall–Kier alpha value is -2.68. The van der Waals surface area contributed by atoms with E-state index in [1.807, 2.05) is 31.2 Å². The number of anilines is 1. The number of carbonyl (C=O) groups is 1. The summed E-state index contributed by atoms with van der Waals surface area (Å²) in [5, 5.41) is 2.80. The third-order valence-electron chi connectivity index (χ3n) is 4.35. The molecule has 1 N–H and O–H groups in total. The number of ether oxygens (including phenoxy) is 1. The predicted molar refractivity (Wildman–Crippen MR) is 112 cm³/mol. The Morgan fingerprint density at radius 3 is 2.50 bits per heavy atom. The maximum atomic E-state index is 13.5. The largest absolute Gasteiger partial charge is 0.491 e. The van der Waals surface area contributed by atoms with Crippen molar-refractivity contribution in [2.24, 2.45) is 0 Å². The Balaban J connectivity index is 1.85. The number of nitrogens with one attached hydrogen (secondary N) is 1. The van der Waals surface area contributed by atoms with Crippen LogP contribution in [0.4, 0.5) is 14.5 Å². The van der Waals surface area contributed by atoms with Crippen LogP contribution in [0.15, 0.2) is 42.5 Å². The summed E-state index contributed by atoms with van der Waals surface area (Å²) in [4.78, 5) is 12.2. The van der Waals surface area contributed by atoms with Gasteiger partial charge in [-0.3, -0.25) is 9.10 Å². The van der Waals surface area contributed by atoms with E-state index < -0.39 is 21.7 Å². The van der Waals surface area contributed by atoms with Crippen LogP contribution in [0.2, 0.25) is 0 Å². The second-order valence-electron chi connectivity index (χ2n) is 7.08. The molecule has 2 rings (SSSR count). The van der Waals surface area contributed by atoms with Gasteiger partial charge in [-0.1, -0.05) is 18.2 Å². The van der Waals surface area contributed by atoms with Gasteiger partial charge in [0.2, 0.25) is 15.9 Å². The van der Waals surface area contributed by atoms with Crippen molar-refractivity contribution in [2.45, 2.75) is 32.7 Å². The molecule has 0 saturated carbocycles. The van der Waals surface area contributed by atoms with E-state index in [1.165, 1.54) is 6.07 Å². The topological polar surface area (TPSA) is 75.7 Å². The fraction of sp³-hybridized carbons (Fsp3) is 0.381. The van der Waals surface area contributed by atoms with Crippen molar-refractivity contribution < 1.29 is 26.7 Å². The molecule has 164 valence electrons. The molecule has 0 aliphatic heterocycles. The van der Waals surface area contributed by atoms with Crippen LogP contribution in [0.3, 0.4) is 0 Å². The normalized spacial score (nSPS) is 12.3. The van der Waals surface area contributed by atoms with E-state index in [9.17, 15) is 22.0 Å². The predicted octanol–water partition coefficient (Wildman–Crippen LogP) is 3.40. The van der Waals surface area contributed by atoms with Crippen LogP contribution in [0.25, 0.3) is 0 Å². The molecule has 1 amide bonds. The maximum absolute atomic E-state index is 13.5. The van der Waals surface area contributed by atoms with Crippen molar-refractivity contribution in [3.63, 3.8) is 0 Å². The van der Waals surface area contributed by atoms with Gasteiger partial charge in [-0.05, 0) is 44.0 Å². The third kappa shape index (κ3) is 6.98. The molecule has 0 unspecified atom stereocenters. The molecule has 6 nitrogen and oxygen atoms in total. The zero-order chi connectivity index (χ0) is 22.3. The van der Waals surface area contributed by atoms with Gasteiger partial charge in [0, 0.05) is 19.0 Å². The molecule has 30 heavy (non-hydrogen) atoms. The van der Waals surface area contributed by atoms with Crippen LogP contribution in [0, 0.1) is 18.6 Å². The number of rotatable bonds is 10. The minimum Gasteiger partial charge on any atom is -0.491 e. The number of sulfonamides is 1. The van der Waals surface area contributed by atoms with E-state index in [-0.39, 0.29) is 37.0 Å². The van der Waals surface area contributed by atoms with Crippen molar-refractivity contribution in [1.82, 2.24) is 5.32 Å². The number of carbonyl (C=O) groups excluding carboxylic acids is 1. The minimum absolute atomic E-state index is 0.0109. The fourth-order valence-electron chi connectivity index (χ4n) is 2.83. The first-order chi connectivity index (χ1) is 14.1. The van der Waals surface area contributed by atoms with Gasteiger partial charge in [0.25, 0.3) is 0 Å². The Labute approximate surface area is 175 Å². The number of halogens is 2. The van der Waals surface area contributed by atoms with Crippen LogP contribution < -0.4 is 14.4 Å². The highest BCUT2D eigenvalue weighted by molar-refractivity contribution is 7.92. The smallest absolute Gasteiger partial charge is 0.232 e. The number of benzene rings is 2. The highest BCUT2D eigenvalue weighted by atomic mass is 32.2. The van der Waals surface area contributed by atoms with Gasteiger partial charge in [-0.25, -0.2) is 17.2 Å². The van der Waals surface area contributed by atoms with E-state index in [1.54, 1.807) is 6.92 Å². The lowest BCUT2D eigenvalue weighted by atomic mass is 10.2. The molecule has 0 saturated heterocycles. The van der Waals surface area contributed by atoms with Gasteiger partial charge >= 0.3 is 0 Å². The lowest BCUT2D eigenvalue weighted by molar-refractivity contribution is -0.121. The first-order valence-electron chi connectivity index (χ1n) is 9.48. The Morgan fingerprint density at radius 1 is 1.17 bits per heavy atom. The maximum Gasteiger partial charge on any atom is 0.232 e. The molecule has 1 atom stereocenters. The lowest BCUT2D eigenvalue weighted by Gasteiger charge is -2.22. The molecule has 0 radical (unpaired) electrons. The van der Waals surface area contributed by atoms with Gasteiger partial charge in [-0.2, -0.15) is 0 Å². The first-order valence-corrected chi connectivity index (χ1v) is 11.3. The summed E-state index contributed by atoms with van der Waals surface area (Å²) < 4.78 is 57.3. The number of amides is 1. The van der Waals surface area contributed by atoms with Gasteiger partial charge in [0.05, 0.1) is 18.0 Å². The minimum atomic E-state index is -3.72.